The van der Waals surface area contributed by atoms with Crippen molar-refractivity contribution in [2.24, 2.45) is 0 Å². The van der Waals surface area contributed by atoms with E-state index in [1.807, 2.05) is 25.1 Å². The standard InChI is InChI=1S/C31H30N4O5/c1-19-33-24-15-32-14-13-25(24)35(19)16-20-9-11-21(12-10-20)29(37)23-17-34(18-27(36)40-31(2,3)4)26-8-6-7-22(28(23)26)30(38)39-5/h6-15,17H,16,18H2,1-5H3. The number of esters is 2. The summed E-state index contributed by atoms with van der Waals surface area (Å²) in [7, 11) is 1.29. The molecule has 0 fully saturated rings. The van der Waals surface area contributed by atoms with Crippen LogP contribution < -0.4 is 0 Å². The van der Waals surface area contributed by atoms with Gasteiger partial charge >= 0.3 is 11.9 Å². The Morgan fingerprint density at radius 3 is 2.40 bits per heavy atom. The van der Waals surface area contributed by atoms with Gasteiger partial charge in [-0.2, -0.15) is 0 Å². The number of aromatic nitrogens is 4. The van der Waals surface area contributed by atoms with Gasteiger partial charge in [-0.05, 0) is 51.5 Å². The first-order valence-electron chi connectivity index (χ1n) is 12.9. The van der Waals surface area contributed by atoms with Gasteiger partial charge in [0, 0.05) is 35.5 Å². The Morgan fingerprint density at radius 2 is 1.70 bits per heavy atom. The van der Waals surface area contributed by atoms with Crippen LogP contribution in [0.25, 0.3) is 21.9 Å². The van der Waals surface area contributed by atoms with E-state index in [0.29, 0.717) is 28.6 Å². The zero-order valence-corrected chi connectivity index (χ0v) is 23.1. The molecule has 0 aliphatic carbocycles. The highest BCUT2D eigenvalue weighted by atomic mass is 16.6. The first-order chi connectivity index (χ1) is 19.1. The summed E-state index contributed by atoms with van der Waals surface area (Å²) in [6.07, 6.45) is 5.08. The molecule has 3 aromatic heterocycles. The van der Waals surface area contributed by atoms with Crippen molar-refractivity contribution in [3.8, 4) is 0 Å². The zero-order valence-electron chi connectivity index (χ0n) is 23.1. The molecule has 0 bridgehead atoms. The van der Waals surface area contributed by atoms with Gasteiger partial charge in [-0.25, -0.2) is 9.78 Å². The molecule has 0 amide bonds. The van der Waals surface area contributed by atoms with E-state index in [0.717, 1.165) is 22.4 Å². The summed E-state index contributed by atoms with van der Waals surface area (Å²) < 4.78 is 14.2. The Labute approximate surface area is 231 Å². The predicted octanol–water partition coefficient (Wildman–Crippen LogP) is 5.10. The monoisotopic (exact) mass is 538 g/mol. The fourth-order valence-electron chi connectivity index (χ4n) is 4.85. The molecule has 0 unspecified atom stereocenters. The molecular formula is C31H30N4O5. The van der Waals surface area contributed by atoms with Gasteiger partial charge < -0.3 is 18.6 Å². The molecule has 0 spiro atoms. The Balaban J connectivity index is 1.50. The van der Waals surface area contributed by atoms with E-state index in [-0.39, 0.29) is 17.9 Å². The third-order valence-electron chi connectivity index (χ3n) is 6.57. The van der Waals surface area contributed by atoms with Crippen molar-refractivity contribution < 1.29 is 23.9 Å². The highest BCUT2D eigenvalue weighted by Gasteiger charge is 2.24. The molecule has 9 heteroatoms. The number of benzene rings is 2. The molecule has 9 nitrogen and oxygen atoms in total. The largest absolute Gasteiger partial charge is 0.465 e. The molecule has 0 saturated carbocycles. The second kappa shape index (κ2) is 10.4. The number of pyridine rings is 1. The number of imidazole rings is 1. The van der Waals surface area contributed by atoms with Crippen LogP contribution in [0.5, 0.6) is 0 Å². The SMILES string of the molecule is COC(=O)c1cccc2c1c(C(=O)c1ccc(Cn3c(C)nc4cnccc43)cc1)cn2CC(=O)OC(C)(C)C. The van der Waals surface area contributed by atoms with Gasteiger partial charge in [0.1, 0.15) is 23.5 Å². The molecule has 0 radical (unpaired) electrons. The van der Waals surface area contributed by atoms with Gasteiger partial charge in [0.2, 0.25) is 0 Å². The summed E-state index contributed by atoms with van der Waals surface area (Å²) in [5.41, 5.74) is 3.73. The molecular weight excluding hydrogens is 508 g/mol. The second-order valence-corrected chi connectivity index (χ2v) is 10.6. The quantitative estimate of drug-likeness (QED) is 0.210. The van der Waals surface area contributed by atoms with Gasteiger partial charge in [-0.3, -0.25) is 14.6 Å². The normalized spacial score (nSPS) is 11.6. The smallest absolute Gasteiger partial charge is 0.338 e. The summed E-state index contributed by atoms with van der Waals surface area (Å²) in [4.78, 5) is 47.8. The molecule has 40 heavy (non-hydrogen) atoms. The summed E-state index contributed by atoms with van der Waals surface area (Å²) in [6, 6.07) is 14.3. The van der Waals surface area contributed by atoms with Crippen molar-refractivity contribution in [2.45, 2.75) is 46.4 Å². The molecule has 0 atom stereocenters. The van der Waals surface area contributed by atoms with Crippen LogP contribution in [0.4, 0.5) is 0 Å². The average molecular weight is 539 g/mol. The van der Waals surface area contributed by atoms with Crippen molar-refractivity contribution in [1.82, 2.24) is 19.1 Å². The van der Waals surface area contributed by atoms with Gasteiger partial charge in [-0.15, -0.1) is 0 Å². The Kier molecular flexibility index (Phi) is 6.97. The maximum absolute atomic E-state index is 13.8. The number of ether oxygens (including phenoxy) is 2. The van der Waals surface area contributed by atoms with Gasteiger partial charge in [0.05, 0.1) is 29.9 Å². The predicted molar refractivity (Wildman–Crippen MR) is 150 cm³/mol. The van der Waals surface area contributed by atoms with Crippen LogP contribution in [0.2, 0.25) is 0 Å². The van der Waals surface area contributed by atoms with Crippen LogP contribution in [0.3, 0.4) is 0 Å². The lowest BCUT2D eigenvalue weighted by atomic mass is 9.98. The Bertz CT molecular complexity index is 1760. The maximum atomic E-state index is 13.8. The lowest BCUT2D eigenvalue weighted by Crippen LogP contribution is -2.26. The molecule has 0 aliphatic heterocycles. The van der Waals surface area contributed by atoms with Gasteiger partial charge in [-0.1, -0.05) is 30.3 Å². The molecule has 204 valence electrons. The molecule has 2 aromatic carbocycles. The number of fused-ring (bicyclic) bond motifs is 2. The minimum atomic E-state index is -0.657. The molecule has 3 heterocycles. The zero-order chi connectivity index (χ0) is 28.6. The minimum absolute atomic E-state index is 0.113. The minimum Gasteiger partial charge on any atom is -0.465 e. The number of hydrogen-bond donors (Lipinski definition) is 0. The van der Waals surface area contributed by atoms with Crippen LogP contribution in [-0.4, -0.2) is 49.5 Å². The van der Waals surface area contributed by atoms with E-state index >= 15 is 0 Å². The number of ketones is 1. The summed E-state index contributed by atoms with van der Waals surface area (Å²) >= 11 is 0. The number of aryl methyl sites for hydroxylation is 1. The molecule has 5 aromatic rings. The third-order valence-corrected chi connectivity index (χ3v) is 6.57. The number of hydrogen-bond acceptors (Lipinski definition) is 7. The molecule has 0 N–H and O–H groups in total. The summed E-state index contributed by atoms with van der Waals surface area (Å²) in [6.45, 7) is 7.80. The average Bonchev–Trinajstić information content (AvgIpc) is 3.44. The number of carbonyl (C=O) groups is 3. The fourth-order valence-corrected chi connectivity index (χ4v) is 4.85. The lowest BCUT2D eigenvalue weighted by Gasteiger charge is -2.19. The number of nitrogens with zero attached hydrogens (tertiary/aromatic N) is 4. The van der Waals surface area contributed by atoms with E-state index in [2.05, 4.69) is 14.5 Å². The van der Waals surface area contributed by atoms with Crippen LogP contribution >= 0.6 is 0 Å². The van der Waals surface area contributed by atoms with Crippen molar-refractivity contribution in [2.75, 3.05) is 7.11 Å². The van der Waals surface area contributed by atoms with Gasteiger partial charge in [0.25, 0.3) is 0 Å². The van der Waals surface area contributed by atoms with Crippen LogP contribution in [0.15, 0.2) is 67.1 Å². The van der Waals surface area contributed by atoms with E-state index < -0.39 is 17.5 Å². The third kappa shape index (κ3) is 5.22. The summed E-state index contributed by atoms with van der Waals surface area (Å²) in [5, 5.41) is 0.432. The topological polar surface area (TPSA) is 105 Å². The molecule has 0 aliphatic rings. The number of methoxy groups -OCH3 is 1. The van der Waals surface area contributed by atoms with Crippen molar-refractivity contribution in [1.29, 1.82) is 0 Å². The van der Waals surface area contributed by atoms with Crippen molar-refractivity contribution in [3.63, 3.8) is 0 Å². The van der Waals surface area contributed by atoms with Crippen molar-refractivity contribution >= 4 is 39.7 Å². The lowest BCUT2D eigenvalue weighted by molar-refractivity contribution is -0.155. The van der Waals surface area contributed by atoms with E-state index in [4.69, 9.17) is 9.47 Å². The van der Waals surface area contributed by atoms with Gasteiger partial charge in [0.15, 0.2) is 5.78 Å². The fraction of sp³-hybridized carbons (Fsp3) is 0.258. The highest BCUT2D eigenvalue weighted by molar-refractivity contribution is 6.20. The highest BCUT2D eigenvalue weighted by Crippen LogP contribution is 2.29. The van der Waals surface area contributed by atoms with E-state index in [1.54, 1.807) is 74.3 Å². The number of rotatable bonds is 7. The second-order valence-electron chi connectivity index (χ2n) is 10.6. The van der Waals surface area contributed by atoms with E-state index in [9.17, 15) is 14.4 Å². The summed E-state index contributed by atoms with van der Waals surface area (Å²) in [5.74, 6) is -0.417. The van der Waals surface area contributed by atoms with Crippen LogP contribution in [-0.2, 0) is 27.4 Å². The van der Waals surface area contributed by atoms with Crippen molar-refractivity contribution in [3.05, 3.63) is 95.2 Å². The Hall–Kier alpha value is -4.79. The first kappa shape index (κ1) is 26.8. The maximum Gasteiger partial charge on any atom is 0.338 e. The first-order valence-corrected chi connectivity index (χ1v) is 12.9. The van der Waals surface area contributed by atoms with Crippen LogP contribution in [0.1, 0.15) is 58.4 Å². The number of carbonyl (C=O) groups excluding carboxylic acids is 3. The van der Waals surface area contributed by atoms with E-state index in [1.165, 1.54) is 7.11 Å². The molecule has 5 rings (SSSR count). The van der Waals surface area contributed by atoms with Crippen LogP contribution in [0, 0.1) is 6.92 Å². The Morgan fingerprint density at radius 1 is 0.950 bits per heavy atom. The molecule has 0 saturated heterocycles.